The van der Waals surface area contributed by atoms with E-state index in [-0.39, 0.29) is 0 Å². The molecule has 2 aromatic heterocycles. The Morgan fingerprint density at radius 1 is 0.455 bits per heavy atom. The Kier molecular flexibility index (Phi) is 15.7. The van der Waals surface area contributed by atoms with Crippen LogP contribution in [0, 0.1) is 13.8 Å². The van der Waals surface area contributed by atoms with Crippen LogP contribution in [-0.4, -0.2) is 13.2 Å². The SMILES string of the molecule is CCCCCCCCCCCCOc1c2cc3sc(C)cc3cc2c(OCCCCCCCCCCCC)c2sc(C)cc12. The second-order valence-electron chi connectivity index (χ2n) is 13.1. The summed E-state index contributed by atoms with van der Waals surface area (Å²) >= 11 is 3.74. The molecule has 244 valence electrons. The molecular weight excluding hydrogens is 577 g/mol. The zero-order valence-electron chi connectivity index (χ0n) is 28.5. The quantitative estimate of drug-likeness (QED) is 0.0712. The van der Waals surface area contributed by atoms with E-state index in [0.29, 0.717) is 0 Å². The van der Waals surface area contributed by atoms with E-state index in [1.807, 2.05) is 22.7 Å². The van der Waals surface area contributed by atoms with E-state index in [0.717, 1.165) is 37.6 Å². The number of benzene rings is 2. The summed E-state index contributed by atoms with van der Waals surface area (Å²) in [4.78, 5) is 2.68. The molecule has 0 amide bonds. The van der Waals surface area contributed by atoms with E-state index in [2.05, 4.69) is 52.0 Å². The van der Waals surface area contributed by atoms with Gasteiger partial charge in [0.1, 0.15) is 11.5 Å². The van der Waals surface area contributed by atoms with Crippen molar-refractivity contribution in [3.63, 3.8) is 0 Å². The molecule has 44 heavy (non-hydrogen) atoms. The zero-order valence-corrected chi connectivity index (χ0v) is 30.1. The van der Waals surface area contributed by atoms with Crippen molar-refractivity contribution in [1.29, 1.82) is 0 Å². The molecule has 2 heterocycles. The minimum absolute atomic E-state index is 0.788. The van der Waals surface area contributed by atoms with Gasteiger partial charge < -0.3 is 9.47 Å². The predicted octanol–water partition coefficient (Wildman–Crippen LogP) is 14.5. The van der Waals surface area contributed by atoms with Crippen LogP contribution >= 0.6 is 22.7 Å². The van der Waals surface area contributed by atoms with Crippen molar-refractivity contribution in [2.45, 2.75) is 156 Å². The molecule has 0 atom stereocenters. The topological polar surface area (TPSA) is 18.5 Å². The summed E-state index contributed by atoms with van der Waals surface area (Å²) in [5.74, 6) is 2.13. The molecule has 0 aliphatic heterocycles. The molecule has 0 spiro atoms. The van der Waals surface area contributed by atoms with Gasteiger partial charge in [0.05, 0.1) is 17.9 Å². The van der Waals surface area contributed by atoms with Crippen LogP contribution in [0.2, 0.25) is 0 Å². The Labute approximate surface area is 276 Å². The summed E-state index contributed by atoms with van der Waals surface area (Å²) in [6.45, 7) is 10.6. The molecule has 4 aromatic rings. The van der Waals surface area contributed by atoms with Gasteiger partial charge in [-0.1, -0.05) is 129 Å². The number of aryl methyl sites for hydroxylation is 2. The average molecular weight is 637 g/mol. The fourth-order valence-electron chi connectivity index (χ4n) is 6.54. The normalized spacial score (nSPS) is 11.8. The van der Waals surface area contributed by atoms with E-state index in [1.165, 1.54) is 156 Å². The first-order chi connectivity index (χ1) is 21.6. The Bertz CT molecular complexity index is 1280. The summed E-state index contributed by atoms with van der Waals surface area (Å²) in [6, 6.07) is 9.38. The average Bonchev–Trinajstić information content (AvgIpc) is 3.58. The van der Waals surface area contributed by atoms with Gasteiger partial charge in [0.15, 0.2) is 0 Å². The minimum Gasteiger partial charge on any atom is -0.492 e. The number of unbranched alkanes of at least 4 members (excludes halogenated alkanes) is 18. The third-order valence-electron chi connectivity index (χ3n) is 9.06. The highest BCUT2D eigenvalue weighted by Crippen LogP contribution is 2.48. The highest BCUT2D eigenvalue weighted by molar-refractivity contribution is 7.20. The lowest BCUT2D eigenvalue weighted by atomic mass is 10.0. The fraction of sp³-hybridized carbons (Fsp3) is 0.650. The molecular formula is C40H60O2S2. The molecule has 0 bridgehead atoms. The minimum atomic E-state index is 0.788. The van der Waals surface area contributed by atoms with E-state index in [1.54, 1.807) is 0 Å². The summed E-state index contributed by atoms with van der Waals surface area (Å²) in [6.07, 6.45) is 26.8. The van der Waals surface area contributed by atoms with E-state index in [9.17, 15) is 0 Å². The van der Waals surface area contributed by atoms with Gasteiger partial charge in [-0.2, -0.15) is 0 Å². The highest BCUT2D eigenvalue weighted by Gasteiger charge is 2.20. The first-order valence-corrected chi connectivity index (χ1v) is 19.9. The van der Waals surface area contributed by atoms with Crippen molar-refractivity contribution in [3.8, 4) is 11.5 Å². The van der Waals surface area contributed by atoms with Crippen LogP contribution in [0.15, 0.2) is 24.3 Å². The molecule has 4 rings (SSSR count). The van der Waals surface area contributed by atoms with Gasteiger partial charge in [-0.15, -0.1) is 22.7 Å². The van der Waals surface area contributed by atoms with E-state index in [4.69, 9.17) is 9.47 Å². The molecule has 4 heteroatoms. The van der Waals surface area contributed by atoms with Crippen molar-refractivity contribution in [1.82, 2.24) is 0 Å². The largest absolute Gasteiger partial charge is 0.492 e. The Morgan fingerprint density at radius 3 is 1.45 bits per heavy atom. The molecule has 2 aromatic carbocycles. The Morgan fingerprint density at radius 2 is 0.909 bits per heavy atom. The third-order valence-corrected chi connectivity index (χ3v) is 11.1. The lowest BCUT2D eigenvalue weighted by Crippen LogP contribution is -2.01. The summed E-state index contributed by atoms with van der Waals surface area (Å²) < 4.78 is 16.0. The second-order valence-corrected chi connectivity index (χ2v) is 15.7. The Balaban J connectivity index is 1.37. The van der Waals surface area contributed by atoms with Crippen LogP contribution in [0.5, 0.6) is 11.5 Å². The molecule has 0 aliphatic rings. The van der Waals surface area contributed by atoms with Gasteiger partial charge in [0.2, 0.25) is 0 Å². The van der Waals surface area contributed by atoms with Crippen molar-refractivity contribution in [2.75, 3.05) is 13.2 Å². The number of ether oxygens (including phenoxy) is 2. The number of hydrogen-bond acceptors (Lipinski definition) is 4. The second kappa shape index (κ2) is 19.7. The molecule has 0 fully saturated rings. The maximum absolute atomic E-state index is 6.70. The van der Waals surface area contributed by atoms with Crippen LogP contribution in [-0.2, 0) is 0 Å². The number of hydrogen-bond donors (Lipinski definition) is 0. The maximum atomic E-state index is 6.70. The molecule has 0 saturated carbocycles. The molecule has 0 unspecified atom stereocenters. The number of thiophene rings is 2. The molecule has 0 N–H and O–H groups in total. The van der Waals surface area contributed by atoms with Crippen molar-refractivity contribution in [3.05, 3.63) is 34.0 Å². The highest BCUT2D eigenvalue weighted by atomic mass is 32.1. The van der Waals surface area contributed by atoms with Crippen LogP contribution < -0.4 is 9.47 Å². The molecule has 2 nitrogen and oxygen atoms in total. The van der Waals surface area contributed by atoms with E-state index >= 15 is 0 Å². The summed E-state index contributed by atoms with van der Waals surface area (Å²) in [5, 5.41) is 4.99. The maximum Gasteiger partial charge on any atom is 0.145 e. The van der Waals surface area contributed by atoms with Gasteiger partial charge in [-0.25, -0.2) is 0 Å². The molecule has 0 saturated heterocycles. The third kappa shape index (κ3) is 10.6. The van der Waals surface area contributed by atoms with Gasteiger partial charge in [-0.3, -0.25) is 0 Å². The summed E-state index contributed by atoms with van der Waals surface area (Å²) in [7, 11) is 0. The Hall–Kier alpha value is -1.78. The number of fused-ring (bicyclic) bond motifs is 3. The smallest absolute Gasteiger partial charge is 0.145 e. The van der Waals surface area contributed by atoms with Crippen LogP contribution in [0.25, 0.3) is 30.9 Å². The predicted molar refractivity (Wildman–Crippen MR) is 199 cm³/mol. The zero-order chi connectivity index (χ0) is 31.0. The van der Waals surface area contributed by atoms with Gasteiger partial charge >= 0.3 is 0 Å². The van der Waals surface area contributed by atoms with Crippen molar-refractivity contribution < 1.29 is 9.47 Å². The van der Waals surface area contributed by atoms with Gasteiger partial charge in [-0.05, 0) is 56.3 Å². The van der Waals surface area contributed by atoms with Crippen LogP contribution in [0.1, 0.15) is 152 Å². The fourth-order valence-corrected chi connectivity index (χ4v) is 8.51. The van der Waals surface area contributed by atoms with Crippen LogP contribution in [0.3, 0.4) is 0 Å². The molecule has 0 radical (unpaired) electrons. The first-order valence-electron chi connectivity index (χ1n) is 18.3. The van der Waals surface area contributed by atoms with E-state index < -0.39 is 0 Å². The first kappa shape index (κ1) is 35.1. The standard InChI is InChI=1S/C40H60O2S2/c1-5-7-9-11-13-15-17-19-21-23-25-41-38-35-30-37-33(27-31(3)43-37)29-34(35)39(40-36(38)28-32(4)44-40)42-26-24-22-20-18-16-14-12-10-8-6-2/h27-30H,5-26H2,1-4H3. The lowest BCUT2D eigenvalue weighted by molar-refractivity contribution is 0.306. The van der Waals surface area contributed by atoms with Crippen molar-refractivity contribution in [2.24, 2.45) is 0 Å². The lowest BCUT2D eigenvalue weighted by Gasteiger charge is -2.16. The molecule has 0 aliphatic carbocycles. The van der Waals surface area contributed by atoms with Crippen LogP contribution in [0.4, 0.5) is 0 Å². The number of rotatable bonds is 24. The monoisotopic (exact) mass is 636 g/mol. The van der Waals surface area contributed by atoms with Gasteiger partial charge in [0.25, 0.3) is 0 Å². The summed E-state index contributed by atoms with van der Waals surface area (Å²) in [5.41, 5.74) is 0. The van der Waals surface area contributed by atoms with Gasteiger partial charge in [0, 0.05) is 30.6 Å². The van der Waals surface area contributed by atoms with Crippen molar-refractivity contribution >= 4 is 53.6 Å².